The van der Waals surface area contributed by atoms with Crippen molar-refractivity contribution < 1.29 is 5.11 Å². The maximum Gasteiger partial charge on any atom is 0.130 e. The molecule has 1 aliphatic rings. The van der Waals surface area contributed by atoms with E-state index in [9.17, 15) is 0 Å². The zero-order valence-electron chi connectivity index (χ0n) is 5.76. The molecule has 0 aliphatic carbocycles. The van der Waals surface area contributed by atoms with Crippen LogP contribution in [0.25, 0.3) is 0 Å². The average molecular weight is 128 g/mol. The van der Waals surface area contributed by atoms with Crippen molar-refractivity contribution in [1.82, 2.24) is 10.2 Å². The first-order valence-electron chi connectivity index (χ1n) is 2.97. The van der Waals surface area contributed by atoms with Gasteiger partial charge in [-0.15, -0.1) is 0 Å². The van der Waals surface area contributed by atoms with Gasteiger partial charge in [-0.3, -0.25) is 0 Å². The normalized spacial score (nSPS) is 33.0. The highest BCUT2D eigenvalue weighted by Gasteiger charge is 2.27. The summed E-state index contributed by atoms with van der Waals surface area (Å²) in [4.78, 5) is 1.94. The molecular weight excluding hydrogens is 116 g/mol. The molecule has 0 spiro atoms. The summed E-state index contributed by atoms with van der Waals surface area (Å²) in [5.41, 5.74) is -0.278. The predicted molar refractivity (Wildman–Crippen MR) is 35.5 cm³/mol. The zero-order valence-corrected chi connectivity index (χ0v) is 5.76. The summed E-state index contributed by atoms with van der Waals surface area (Å²) in [6.07, 6.45) is 3.73. The highest BCUT2D eigenvalue weighted by atomic mass is 16.3. The van der Waals surface area contributed by atoms with Gasteiger partial charge in [0, 0.05) is 19.4 Å². The second-order valence-electron chi connectivity index (χ2n) is 2.50. The van der Waals surface area contributed by atoms with Crippen LogP contribution in [0.4, 0.5) is 0 Å². The van der Waals surface area contributed by atoms with E-state index in [2.05, 4.69) is 5.32 Å². The molecule has 0 aromatic heterocycles. The molecule has 0 saturated heterocycles. The van der Waals surface area contributed by atoms with Crippen LogP contribution in [0.2, 0.25) is 0 Å². The molecule has 0 fully saturated rings. The van der Waals surface area contributed by atoms with Crippen LogP contribution in [0.5, 0.6) is 0 Å². The molecule has 0 aromatic rings. The molecule has 52 valence electrons. The van der Waals surface area contributed by atoms with Gasteiger partial charge in [0.1, 0.15) is 5.66 Å². The Labute approximate surface area is 55.0 Å². The Balaban J connectivity index is 2.62. The SMILES string of the molecule is CN1C=CNC1(C)CO. The first kappa shape index (κ1) is 6.42. The van der Waals surface area contributed by atoms with Gasteiger partial charge >= 0.3 is 0 Å². The summed E-state index contributed by atoms with van der Waals surface area (Å²) < 4.78 is 0. The van der Waals surface area contributed by atoms with Crippen LogP contribution in [0.1, 0.15) is 6.92 Å². The van der Waals surface area contributed by atoms with Crippen molar-refractivity contribution in [2.75, 3.05) is 13.7 Å². The fourth-order valence-electron chi connectivity index (χ4n) is 0.752. The van der Waals surface area contributed by atoms with Gasteiger partial charge in [0.05, 0.1) is 6.61 Å². The highest BCUT2D eigenvalue weighted by Crippen LogP contribution is 2.13. The molecule has 0 bridgehead atoms. The average Bonchev–Trinajstić information content (AvgIpc) is 2.15. The van der Waals surface area contributed by atoms with E-state index in [4.69, 9.17) is 5.11 Å². The molecular formula is C6H12N2O. The molecule has 0 saturated carbocycles. The minimum absolute atomic E-state index is 0.122. The van der Waals surface area contributed by atoms with Crippen LogP contribution in [0.3, 0.4) is 0 Å². The Morgan fingerprint density at radius 1 is 1.78 bits per heavy atom. The maximum absolute atomic E-state index is 8.85. The summed E-state index contributed by atoms with van der Waals surface area (Å²) in [7, 11) is 1.92. The Kier molecular flexibility index (Phi) is 1.37. The molecule has 0 radical (unpaired) electrons. The van der Waals surface area contributed by atoms with Crippen molar-refractivity contribution in [2.45, 2.75) is 12.6 Å². The van der Waals surface area contributed by atoms with E-state index in [1.807, 2.05) is 31.3 Å². The van der Waals surface area contributed by atoms with E-state index in [1.165, 1.54) is 0 Å². The number of hydrogen-bond acceptors (Lipinski definition) is 3. The van der Waals surface area contributed by atoms with Gasteiger partial charge in [0.2, 0.25) is 0 Å². The summed E-state index contributed by atoms with van der Waals surface area (Å²) in [6, 6.07) is 0. The van der Waals surface area contributed by atoms with Crippen LogP contribution in [0.15, 0.2) is 12.4 Å². The van der Waals surface area contributed by atoms with Crippen molar-refractivity contribution in [1.29, 1.82) is 0 Å². The van der Waals surface area contributed by atoms with Crippen LogP contribution in [-0.2, 0) is 0 Å². The topological polar surface area (TPSA) is 35.5 Å². The van der Waals surface area contributed by atoms with Crippen molar-refractivity contribution in [3.8, 4) is 0 Å². The number of nitrogens with one attached hydrogen (secondary N) is 1. The lowest BCUT2D eigenvalue weighted by molar-refractivity contribution is 0.0963. The summed E-state index contributed by atoms with van der Waals surface area (Å²) in [5, 5.41) is 11.9. The molecule has 9 heavy (non-hydrogen) atoms. The number of likely N-dealkylation sites (N-methyl/N-ethyl adjacent to an activating group) is 1. The molecule has 3 heteroatoms. The molecule has 0 amide bonds. The predicted octanol–water partition coefficient (Wildman–Crippen LogP) is -0.299. The zero-order chi connectivity index (χ0) is 6.91. The minimum atomic E-state index is -0.278. The maximum atomic E-state index is 8.85. The number of rotatable bonds is 1. The Morgan fingerprint density at radius 3 is 2.67 bits per heavy atom. The first-order chi connectivity index (χ1) is 4.19. The van der Waals surface area contributed by atoms with Crippen molar-refractivity contribution in [2.24, 2.45) is 0 Å². The van der Waals surface area contributed by atoms with Gasteiger partial charge < -0.3 is 15.3 Å². The molecule has 1 aliphatic heterocycles. The third-order valence-electron chi connectivity index (χ3n) is 1.78. The Bertz CT molecular complexity index is 135. The number of aliphatic hydroxyl groups excluding tert-OH is 1. The van der Waals surface area contributed by atoms with E-state index in [1.54, 1.807) is 0 Å². The molecule has 0 aromatic carbocycles. The van der Waals surface area contributed by atoms with E-state index in [0.717, 1.165) is 0 Å². The second kappa shape index (κ2) is 1.92. The molecule has 1 atom stereocenters. The highest BCUT2D eigenvalue weighted by molar-refractivity contribution is 5.00. The lowest BCUT2D eigenvalue weighted by Gasteiger charge is -2.31. The summed E-state index contributed by atoms with van der Waals surface area (Å²) >= 11 is 0. The second-order valence-corrected chi connectivity index (χ2v) is 2.50. The smallest absolute Gasteiger partial charge is 0.130 e. The fraction of sp³-hybridized carbons (Fsp3) is 0.667. The van der Waals surface area contributed by atoms with Gasteiger partial charge in [-0.25, -0.2) is 0 Å². The summed E-state index contributed by atoms with van der Waals surface area (Å²) in [6.45, 7) is 2.06. The third-order valence-corrected chi connectivity index (χ3v) is 1.78. The largest absolute Gasteiger partial charge is 0.392 e. The van der Waals surface area contributed by atoms with Gasteiger partial charge in [-0.2, -0.15) is 0 Å². The van der Waals surface area contributed by atoms with Crippen LogP contribution in [0, 0.1) is 0 Å². The Morgan fingerprint density at radius 2 is 2.44 bits per heavy atom. The lowest BCUT2D eigenvalue weighted by atomic mass is 10.2. The van der Waals surface area contributed by atoms with E-state index >= 15 is 0 Å². The van der Waals surface area contributed by atoms with E-state index in [0.29, 0.717) is 0 Å². The van der Waals surface area contributed by atoms with E-state index in [-0.39, 0.29) is 12.3 Å². The fourth-order valence-corrected chi connectivity index (χ4v) is 0.752. The van der Waals surface area contributed by atoms with Crippen molar-refractivity contribution in [3.05, 3.63) is 12.4 Å². The third kappa shape index (κ3) is 0.876. The summed E-state index contributed by atoms with van der Waals surface area (Å²) in [5.74, 6) is 0. The minimum Gasteiger partial charge on any atom is -0.392 e. The number of nitrogens with zero attached hydrogens (tertiary/aromatic N) is 1. The first-order valence-corrected chi connectivity index (χ1v) is 2.97. The molecule has 1 rings (SSSR count). The number of aliphatic hydroxyl groups is 1. The van der Waals surface area contributed by atoms with Gasteiger partial charge in [-0.1, -0.05) is 0 Å². The van der Waals surface area contributed by atoms with Crippen LogP contribution in [-0.4, -0.2) is 29.3 Å². The van der Waals surface area contributed by atoms with Crippen molar-refractivity contribution in [3.63, 3.8) is 0 Å². The van der Waals surface area contributed by atoms with Crippen LogP contribution >= 0.6 is 0 Å². The van der Waals surface area contributed by atoms with Gasteiger partial charge in [0.25, 0.3) is 0 Å². The van der Waals surface area contributed by atoms with Crippen LogP contribution < -0.4 is 5.32 Å². The standard InChI is InChI=1S/C6H12N2O/c1-6(5-9)7-3-4-8(6)2/h3-4,7,9H,5H2,1-2H3. The van der Waals surface area contributed by atoms with E-state index < -0.39 is 0 Å². The monoisotopic (exact) mass is 128 g/mol. The molecule has 1 unspecified atom stereocenters. The molecule has 2 N–H and O–H groups in total. The van der Waals surface area contributed by atoms with Crippen molar-refractivity contribution >= 4 is 0 Å². The molecule has 3 nitrogen and oxygen atoms in total. The number of hydrogen-bond donors (Lipinski definition) is 2. The quantitative estimate of drug-likeness (QED) is 0.509. The van der Waals surface area contributed by atoms with Gasteiger partial charge in [-0.05, 0) is 6.92 Å². The van der Waals surface area contributed by atoms with Gasteiger partial charge in [0.15, 0.2) is 0 Å². The Hall–Kier alpha value is -0.700. The molecule has 1 heterocycles. The lowest BCUT2D eigenvalue weighted by Crippen LogP contribution is -2.49.